The van der Waals surface area contributed by atoms with Crippen molar-refractivity contribution >= 4 is 5.91 Å². The average Bonchev–Trinajstić information content (AvgIpc) is 2.81. The molecule has 0 N–H and O–H groups in total. The van der Waals surface area contributed by atoms with E-state index in [1.54, 1.807) is 26.2 Å². The molecule has 2 aromatic carbocycles. The highest BCUT2D eigenvalue weighted by atomic mass is 19.4. The van der Waals surface area contributed by atoms with Gasteiger partial charge in [-0.25, -0.2) is 0 Å². The first-order valence-electron chi connectivity index (χ1n) is 10.2. The number of nitrogens with zero attached hydrogens (tertiary/aromatic N) is 2. The summed E-state index contributed by atoms with van der Waals surface area (Å²) in [5, 5.41) is 0. The van der Waals surface area contributed by atoms with Crippen LogP contribution < -0.4 is 14.2 Å². The molecule has 0 radical (unpaired) electrons. The van der Waals surface area contributed by atoms with Crippen LogP contribution in [0.25, 0.3) is 0 Å². The molecular weight excluding hydrogens is 425 g/mol. The highest BCUT2D eigenvalue weighted by Crippen LogP contribution is 2.43. The van der Waals surface area contributed by atoms with Gasteiger partial charge in [0.1, 0.15) is 0 Å². The first-order chi connectivity index (χ1) is 15.2. The van der Waals surface area contributed by atoms with Gasteiger partial charge in [0, 0.05) is 43.3 Å². The van der Waals surface area contributed by atoms with Gasteiger partial charge in [0.25, 0.3) is 5.91 Å². The number of carbonyl (C=O) groups excluding carboxylic acids is 1. The lowest BCUT2D eigenvalue weighted by Gasteiger charge is -2.38. The van der Waals surface area contributed by atoms with E-state index >= 15 is 0 Å². The van der Waals surface area contributed by atoms with Crippen LogP contribution in [0.5, 0.6) is 17.2 Å². The van der Waals surface area contributed by atoms with Gasteiger partial charge in [0.05, 0.1) is 26.9 Å². The normalized spacial score (nSPS) is 15.9. The molecule has 0 aliphatic carbocycles. The first-order valence-corrected chi connectivity index (χ1v) is 10.2. The highest BCUT2D eigenvalue weighted by molar-refractivity contribution is 5.94. The molecule has 1 aliphatic rings. The second kappa shape index (κ2) is 9.68. The van der Waals surface area contributed by atoms with Crippen molar-refractivity contribution in [1.29, 1.82) is 0 Å². The number of ether oxygens (including phenoxy) is 3. The highest BCUT2D eigenvalue weighted by Gasteiger charge is 2.31. The molecule has 1 unspecified atom stereocenters. The Morgan fingerprint density at radius 3 is 1.97 bits per heavy atom. The van der Waals surface area contributed by atoms with Gasteiger partial charge >= 0.3 is 6.18 Å². The van der Waals surface area contributed by atoms with Crippen LogP contribution in [0.3, 0.4) is 0 Å². The molecule has 1 heterocycles. The largest absolute Gasteiger partial charge is 0.493 e. The van der Waals surface area contributed by atoms with E-state index in [4.69, 9.17) is 14.2 Å². The quantitative estimate of drug-likeness (QED) is 0.656. The van der Waals surface area contributed by atoms with Crippen molar-refractivity contribution in [3.05, 3.63) is 53.1 Å². The van der Waals surface area contributed by atoms with Gasteiger partial charge < -0.3 is 19.1 Å². The molecule has 1 amide bonds. The smallest absolute Gasteiger partial charge is 0.416 e. The van der Waals surface area contributed by atoms with Crippen LogP contribution in [0.2, 0.25) is 0 Å². The number of hydrogen-bond acceptors (Lipinski definition) is 5. The Hall–Kier alpha value is -2.94. The van der Waals surface area contributed by atoms with Crippen molar-refractivity contribution in [3.63, 3.8) is 0 Å². The Morgan fingerprint density at radius 1 is 0.875 bits per heavy atom. The van der Waals surface area contributed by atoms with Crippen LogP contribution in [-0.4, -0.2) is 63.2 Å². The second-order valence-electron chi connectivity index (χ2n) is 7.50. The molecule has 1 aliphatic heterocycles. The third-order valence-electron chi connectivity index (χ3n) is 5.79. The summed E-state index contributed by atoms with van der Waals surface area (Å²) in [5.74, 6) is 1.43. The summed E-state index contributed by atoms with van der Waals surface area (Å²) in [6.45, 7) is 4.23. The molecule has 6 nitrogen and oxygen atoms in total. The van der Waals surface area contributed by atoms with E-state index in [2.05, 4.69) is 11.8 Å². The molecule has 9 heteroatoms. The van der Waals surface area contributed by atoms with Gasteiger partial charge in [0.2, 0.25) is 5.75 Å². The van der Waals surface area contributed by atoms with E-state index in [-0.39, 0.29) is 17.5 Å². The maximum Gasteiger partial charge on any atom is 0.416 e. The number of carbonyl (C=O) groups is 1. The third kappa shape index (κ3) is 4.77. The number of hydrogen-bond donors (Lipinski definition) is 0. The van der Waals surface area contributed by atoms with E-state index in [1.165, 1.54) is 12.1 Å². The van der Waals surface area contributed by atoms with Gasteiger partial charge in [0.15, 0.2) is 11.5 Å². The van der Waals surface area contributed by atoms with Crippen LogP contribution in [0.15, 0.2) is 36.4 Å². The zero-order valence-corrected chi connectivity index (χ0v) is 18.5. The maximum atomic E-state index is 12.8. The average molecular weight is 452 g/mol. The van der Waals surface area contributed by atoms with Crippen molar-refractivity contribution < 1.29 is 32.2 Å². The summed E-state index contributed by atoms with van der Waals surface area (Å²) in [5.41, 5.74) is 0.422. The summed E-state index contributed by atoms with van der Waals surface area (Å²) >= 11 is 0. The molecule has 0 aromatic heterocycles. The number of rotatable bonds is 6. The number of methoxy groups -OCH3 is 3. The van der Waals surface area contributed by atoms with E-state index in [1.807, 2.05) is 12.1 Å². The molecule has 0 bridgehead atoms. The van der Waals surface area contributed by atoms with Gasteiger partial charge in [-0.05, 0) is 43.3 Å². The zero-order valence-electron chi connectivity index (χ0n) is 18.5. The van der Waals surface area contributed by atoms with Crippen molar-refractivity contribution in [2.75, 3.05) is 47.5 Å². The zero-order chi connectivity index (χ0) is 23.5. The number of halogens is 3. The van der Waals surface area contributed by atoms with Crippen LogP contribution in [-0.2, 0) is 6.18 Å². The number of alkyl halides is 3. The number of piperazine rings is 1. The Morgan fingerprint density at radius 2 is 1.47 bits per heavy atom. The SMILES string of the molecule is COc1ccc(C(C)N2CCN(C(=O)c3ccc(C(F)(F)F)cc3)CC2)c(OC)c1OC. The van der Waals surface area contributed by atoms with Gasteiger partial charge in [-0.15, -0.1) is 0 Å². The van der Waals surface area contributed by atoms with Crippen molar-refractivity contribution in [3.8, 4) is 17.2 Å². The summed E-state index contributed by atoms with van der Waals surface area (Å²) in [4.78, 5) is 16.6. The Balaban J connectivity index is 1.68. The fourth-order valence-electron chi connectivity index (χ4n) is 3.95. The van der Waals surface area contributed by atoms with E-state index in [0.29, 0.717) is 43.4 Å². The minimum Gasteiger partial charge on any atom is -0.493 e. The lowest BCUT2D eigenvalue weighted by atomic mass is 10.0. The van der Waals surface area contributed by atoms with Crippen molar-refractivity contribution in [2.45, 2.75) is 19.1 Å². The third-order valence-corrected chi connectivity index (χ3v) is 5.79. The molecule has 0 saturated carbocycles. The van der Waals surface area contributed by atoms with E-state index < -0.39 is 11.7 Å². The maximum absolute atomic E-state index is 12.8. The molecule has 1 fully saturated rings. The Bertz CT molecular complexity index is 939. The lowest BCUT2D eigenvalue weighted by molar-refractivity contribution is -0.137. The summed E-state index contributed by atoms with van der Waals surface area (Å²) in [6, 6.07) is 8.10. The Kier molecular flexibility index (Phi) is 7.18. The first kappa shape index (κ1) is 23.7. The topological polar surface area (TPSA) is 51.2 Å². The van der Waals surface area contributed by atoms with Gasteiger partial charge in [-0.3, -0.25) is 9.69 Å². The van der Waals surface area contributed by atoms with E-state index in [9.17, 15) is 18.0 Å². The molecule has 174 valence electrons. The van der Waals surface area contributed by atoms with E-state index in [0.717, 1.165) is 17.7 Å². The minimum absolute atomic E-state index is 0.00641. The van der Waals surface area contributed by atoms with Crippen LogP contribution in [0.1, 0.15) is 34.5 Å². The monoisotopic (exact) mass is 452 g/mol. The van der Waals surface area contributed by atoms with Crippen molar-refractivity contribution in [2.24, 2.45) is 0 Å². The second-order valence-corrected chi connectivity index (χ2v) is 7.50. The number of amides is 1. The molecular formula is C23H27F3N2O4. The molecule has 32 heavy (non-hydrogen) atoms. The Labute approximate surface area is 185 Å². The molecule has 3 rings (SSSR count). The predicted molar refractivity (Wildman–Crippen MR) is 113 cm³/mol. The molecule has 2 aromatic rings. The van der Waals surface area contributed by atoms with Crippen LogP contribution >= 0.6 is 0 Å². The molecule has 0 spiro atoms. The van der Waals surface area contributed by atoms with Crippen molar-refractivity contribution in [1.82, 2.24) is 9.80 Å². The number of benzene rings is 2. The van der Waals surface area contributed by atoms with Gasteiger partial charge in [-0.2, -0.15) is 13.2 Å². The summed E-state index contributed by atoms with van der Waals surface area (Å²) in [7, 11) is 4.70. The standard InChI is InChI=1S/C23H27F3N2O4/c1-15(18-9-10-19(30-2)21(32-4)20(18)31-3)27-11-13-28(14-12-27)22(29)16-5-7-17(8-6-16)23(24,25)26/h5-10,15H,11-14H2,1-4H3. The van der Waals surface area contributed by atoms with Gasteiger partial charge in [-0.1, -0.05) is 0 Å². The molecule has 1 saturated heterocycles. The minimum atomic E-state index is -4.42. The summed E-state index contributed by atoms with van der Waals surface area (Å²) in [6.07, 6.45) is -4.42. The fraction of sp³-hybridized carbons (Fsp3) is 0.435. The lowest BCUT2D eigenvalue weighted by Crippen LogP contribution is -2.49. The van der Waals surface area contributed by atoms with Crippen LogP contribution in [0, 0.1) is 0 Å². The predicted octanol–water partition coefficient (Wildman–Crippen LogP) is 4.25. The fourth-order valence-corrected chi connectivity index (χ4v) is 3.95. The molecule has 1 atom stereocenters. The summed E-state index contributed by atoms with van der Waals surface area (Å²) < 4.78 is 54.7. The van der Waals surface area contributed by atoms with Crippen LogP contribution in [0.4, 0.5) is 13.2 Å².